The van der Waals surface area contributed by atoms with E-state index in [9.17, 15) is 0 Å². The average Bonchev–Trinajstić information content (AvgIpc) is 2.45. The Morgan fingerprint density at radius 1 is 1.25 bits per heavy atom. The van der Waals surface area contributed by atoms with Gasteiger partial charge in [-0.25, -0.2) is 0 Å². The summed E-state index contributed by atoms with van der Waals surface area (Å²) in [5.74, 6) is 1.55. The lowest BCUT2D eigenvalue weighted by molar-refractivity contribution is 0.282. The molecule has 0 bridgehead atoms. The summed E-state index contributed by atoms with van der Waals surface area (Å²) in [7, 11) is 1.65. The van der Waals surface area contributed by atoms with Crippen molar-refractivity contribution in [1.82, 2.24) is 5.32 Å². The van der Waals surface area contributed by atoms with Crippen LogP contribution in [0.4, 0.5) is 0 Å². The SMILES string of the molecule is CCOc1c(CNCCCCCO)cc(Br)cc1OC. The van der Waals surface area contributed by atoms with E-state index in [1.54, 1.807) is 7.11 Å². The van der Waals surface area contributed by atoms with E-state index in [1.165, 1.54) is 0 Å². The lowest BCUT2D eigenvalue weighted by Gasteiger charge is -2.15. The molecule has 1 aromatic rings. The van der Waals surface area contributed by atoms with Gasteiger partial charge in [0.05, 0.1) is 13.7 Å². The van der Waals surface area contributed by atoms with Crippen molar-refractivity contribution < 1.29 is 14.6 Å². The first kappa shape index (κ1) is 17.3. The van der Waals surface area contributed by atoms with Crippen LogP contribution in [0.5, 0.6) is 11.5 Å². The highest BCUT2D eigenvalue weighted by atomic mass is 79.9. The molecule has 0 spiro atoms. The highest BCUT2D eigenvalue weighted by molar-refractivity contribution is 9.10. The zero-order chi connectivity index (χ0) is 14.8. The summed E-state index contributed by atoms with van der Waals surface area (Å²) in [6, 6.07) is 3.96. The minimum absolute atomic E-state index is 0.275. The third kappa shape index (κ3) is 5.69. The minimum atomic E-state index is 0.275. The van der Waals surface area contributed by atoms with E-state index in [0.29, 0.717) is 6.61 Å². The molecule has 0 aliphatic carbocycles. The van der Waals surface area contributed by atoms with Crippen LogP contribution in [-0.4, -0.2) is 32.0 Å². The van der Waals surface area contributed by atoms with E-state index in [1.807, 2.05) is 19.1 Å². The molecule has 2 N–H and O–H groups in total. The van der Waals surface area contributed by atoms with Gasteiger partial charge in [-0.1, -0.05) is 15.9 Å². The largest absolute Gasteiger partial charge is 0.493 e. The van der Waals surface area contributed by atoms with Gasteiger partial charge in [0.1, 0.15) is 0 Å². The molecule has 114 valence electrons. The number of rotatable bonds is 10. The molecule has 0 amide bonds. The first-order chi connectivity index (χ1) is 9.72. The number of aliphatic hydroxyl groups is 1. The van der Waals surface area contributed by atoms with Gasteiger partial charge in [0, 0.05) is 23.2 Å². The lowest BCUT2D eigenvalue weighted by atomic mass is 10.1. The van der Waals surface area contributed by atoms with Crippen LogP contribution in [-0.2, 0) is 6.54 Å². The Balaban J connectivity index is 2.60. The number of methoxy groups -OCH3 is 1. The van der Waals surface area contributed by atoms with E-state index < -0.39 is 0 Å². The summed E-state index contributed by atoms with van der Waals surface area (Å²) in [4.78, 5) is 0. The predicted molar refractivity (Wildman–Crippen MR) is 84.5 cm³/mol. The standard InChI is InChI=1S/C15H24BrNO3/c1-3-20-15-12(9-13(16)10-14(15)19-2)11-17-7-5-4-6-8-18/h9-10,17-18H,3-8,11H2,1-2H3. The van der Waals surface area contributed by atoms with Crippen LogP contribution in [0.2, 0.25) is 0 Å². The highest BCUT2D eigenvalue weighted by Gasteiger charge is 2.11. The number of aliphatic hydroxyl groups excluding tert-OH is 1. The number of halogens is 1. The highest BCUT2D eigenvalue weighted by Crippen LogP contribution is 2.34. The van der Waals surface area contributed by atoms with Crippen molar-refractivity contribution in [2.45, 2.75) is 32.7 Å². The van der Waals surface area contributed by atoms with Crippen molar-refractivity contribution in [2.24, 2.45) is 0 Å². The van der Waals surface area contributed by atoms with Crippen molar-refractivity contribution in [3.8, 4) is 11.5 Å². The van der Waals surface area contributed by atoms with Crippen LogP contribution in [0, 0.1) is 0 Å². The van der Waals surface area contributed by atoms with Crippen LogP contribution < -0.4 is 14.8 Å². The van der Waals surface area contributed by atoms with Gasteiger partial charge >= 0.3 is 0 Å². The van der Waals surface area contributed by atoms with Gasteiger partial charge < -0.3 is 19.9 Å². The number of benzene rings is 1. The smallest absolute Gasteiger partial charge is 0.165 e. The van der Waals surface area contributed by atoms with E-state index in [2.05, 4.69) is 21.2 Å². The third-order valence-electron chi connectivity index (χ3n) is 2.93. The molecule has 1 rings (SSSR count). The monoisotopic (exact) mass is 345 g/mol. The Hall–Kier alpha value is -0.780. The minimum Gasteiger partial charge on any atom is -0.493 e. The zero-order valence-corrected chi connectivity index (χ0v) is 13.8. The summed E-state index contributed by atoms with van der Waals surface area (Å²) < 4.78 is 12.0. The molecule has 0 aromatic heterocycles. The molecule has 0 heterocycles. The molecule has 5 heteroatoms. The molecule has 0 saturated carbocycles. The molecular formula is C15H24BrNO3. The topological polar surface area (TPSA) is 50.7 Å². The van der Waals surface area contributed by atoms with Crippen LogP contribution in [0.15, 0.2) is 16.6 Å². The Kier molecular flexibility index (Phi) is 8.65. The normalized spacial score (nSPS) is 10.6. The van der Waals surface area contributed by atoms with E-state index >= 15 is 0 Å². The number of nitrogens with one attached hydrogen (secondary N) is 1. The third-order valence-corrected chi connectivity index (χ3v) is 3.39. The van der Waals surface area contributed by atoms with E-state index in [0.717, 1.165) is 53.9 Å². The average molecular weight is 346 g/mol. The molecule has 0 atom stereocenters. The van der Waals surface area contributed by atoms with Crippen molar-refractivity contribution >= 4 is 15.9 Å². The molecule has 1 aromatic carbocycles. The molecule has 0 aliphatic heterocycles. The van der Waals surface area contributed by atoms with Crippen LogP contribution in [0.25, 0.3) is 0 Å². The fourth-order valence-corrected chi connectivity index (χ4v) is 2.46. The lowest BCUT2D eigenvalue weighted by Crippen LogP contribution is -2.16. The van der Waals surface area contributed by atoms with E-state index in [4.69, 9.17) is 14.6 Å². The Morgan fingerprint density at radius 2 is 2.05 bits per heavy atom. The summed E-state index contributed by atoms with van der Waals surface area (Å²) in [6.07, 6.45) is 2.98. The maximum Gasteiger partial charge on any atom is 0.165 e. The van der Waals surface area contributed by atoms with Crippen molar-refractivity contribution in [2.75, 3.05) is 26.9 Å². The number of ether oxygens (including phenoxy) is 2. The molecule has 0 radical (unpaired) electrons. The maximum absolute atomic E-state index is 8.73. The summed E-state index contributed by atoms with van der Waals surface area (Å²) in [5, 5.41) is 12.1. The van der Waals surface area contributed by atoms with Crippen LogP contribution >= 0.6 is 15.9 Å². The molecule has 0 saturated heterocycles. The molecule has 20 heavy (non-hydrogen) atoms. The fourth-order valence-electron chi connectivity index (χ4n) is 1.98. The Morgan fingerprint density at radius 3 is 2.70 bits per heavy atom. The zero-order valence-electron chi connectivity index (χ0n) is 12.2. The number of unbranched alkanes of at least 4 members (excludes halogenated alkanes) is 2. The first-order valence-electron chi connectivity index (χ1n) is 7.03. The van der Waals surface area contributed by atoms with Crippen LogP contribution in [0.3, 0.4) is 0 Å². The van der Waals surface area contributed by atoms with Gasteiger partial charge in [-0.2, -0.15) is 0 Å². The summed E-state index contributed by atoms with van der Waals surface area (Å²) in [6.45, 7) is 4.52. The second kappa shape index (κ2) is 10.0. The van der Waals surface area contributed by atoms with Gasteiger partial charge in [0.25, 0.3) is 0 Å². The first-order valence-corrected chi connectivity index (χ1v) is 7.83. The van der Waals surface area contributed by atoms with Crippen molar-refractivity contribution in [3.05, 3.63) is 22.2 Å². The molecular weight excluding hydrogens is 322 g/mol. The predicted octanol–water partition coefficient (Wildman–Crippen LogP) is 3.11. The quantitative estimate of drug-likeness (QED) is 0.639. The van der Waals surface area contributed by atoms with Gasteiger partial charge in [0.15, 0.2) is 11.5 Å². The maximum atomic E-state index is 8.73. The van der Waals surface area contributed by atoms with Crippen molar-refractivity contribution in [1.29, 1.82) is 0 Å². The van der Waals surface area contributed by atoms with Gasteiger partial charge in [0.2, 0.25) is 0 Å². The number of hydrogen-bond acceptors (Lipinski definition) is 4. The van der Waals surface area contributed by atoms with Gasteiger partial charge in [-0.05, 0) is 44.9 Å². The summed E-state index contributed by atoms with van der Waals surface area (Å²) >= 11 is 3.49. The molecule has 0 fully saturated rings. The van der Waals surface area contributed by atoms with Gasteiger partial charge in [-0.15, -0.1) is 0 Å². The molecule has 0 aliphatic rings. The second-order valence-electron chi connectivity index (χ2n) is 4.49. The van der Waals surface area contributed by atoms with Gasteiger partial charge in [-0.3, -0.25) is 0 Å². The Bertz CT molecular complexity index is 399. The molecule has 0 unspecified atom stereocenters. The molecule has 4 nitrogen and oxygen atoms in total. The summed E-state index contributed by atoms with van der Waals surface area (Å²) in [5.41, 5.74) is 1.08. The fraction of sp³-hybridized carbons (Fsp3) is 0.600. The number of hydrogen-bond donors (Lipinski definition) is 2. The second-order valence-corrected chi connectivity index (χ2v) is 5.41. The van der Waals surface area contributed by atoms with E-state index in [-0.39, 0.29) is 6.61 Å². The van der Waals surface area contributed by atoms with Crippen LogP contribution in [0.1, 0.15) is 31.7 Å². The van der Waals surface area contributed by atoms with Crippen molar-refractivity contribution in [3.63, 3.8) is 0 Å². The Labute approximate surface area is 129 Å².